The molecule has 2 rings (SSSR count). The molecule has 0 radical (unpaired) electrons. The van der Waals surface area contributed by atoms with Gasteiger partial charge in [0.15, 0.2) is 0 Å². The van der Waals surface area contributed by atoms with Gasteiger partial charge in [-0.1, -0.05) is 32.8 Å². The quantitative estimate of drug-likeness (QED) is 0.780. The zero-order valence-corrected chi connectivity index (χ0v) is 12.4. The van der Waals surface area contributed by atoms with Crippen LogP contribution in [0.2, 0.25) is 0 Å². The van der Waals surface area contributed by atoms with E-state index in [1.807, 2.05) is 13.0 Å². The average Bonchev–Trinajstić information content (AvgIpc) is 2.51. The molecule has 19 heavy (non-hydrogen) atoms. The standard InChI is InChI=1S/C17H26FN/c1-12(2)14-5-4-9-17(19,10-8-14)16-7-6-15(18)11-13(16)3/h6-7,11-12,14H,4-5,8-10,19H2,1-3H3. The molecule has 1 aliphatic rings. The lowest BCUT2D eigenvalue weighted by Crippen LogP contribution is -2.37. The van der Waals surface area contributed by atoms with Crippen LogP contribution in [0.5, 0.6) is 0 Å². The van der Waals surface area contributed by atoms with Crippen molar-refractivity contribution in [1.29, 1.82) is 0 Å². The van der Waals surface area contributed by atoms with Crippen LogP contribution in [0.3, 0.4) is 0 Å². The lowest BCUT2D eigenvalue weighted by molar-refractivity contribution is 0.325. The highest BCUT2D eigenvalue weighted by Gasteiger charge is 2.32. The van der Waals surface area contributed by atoms with Gasteiger partial charge >= 0.3 is 0 Å². The van der Waals surface area contributed by atoms with Crippen LogP contribution in [0.4, 0.5) is 4.39 Å². The van der Waals surface area contributed by atoms with Crippen molar-refractivity contribution in [3.05, 3.63) is 35.1 Å². The predicted octanol–water partition coefficient (Wildman–Crippen LogP) is 4.52. The van der Waals surface area contributed by atoms with Crippen LogP contribution in [-0.4, -0.2) is 0 Å². The van der Waals surface area contributed by atoms with Crippen LogP contribution < -0.4 is 5.73 Å². The van der Waals surface area contributed by atoms with Crippen molar-refractivity contribution >= 4 is 0 Å². The van der Waals surface area contributed by atoms with Crippen LogP contribution in [0, 0.1) is 24.6 Å². The summed E-state index contributed by atoms with van der Waals surface area (Å²) in [6, 6.07) is 5.04. The van der Waals surface area contributed by atoms with E-state index in [-0.39, 0.29) is 11.4 Å². The van der Waals surface area contributed by atoms with Crippen LogP contribution in [0.25, 0.3) is 0 Å². The second-order valence-corrected chi connectivity index (χ2v) is 6.55. The number of hydrogen-bond donors (Lipinski definition) is 1. The molecular weight excluding hydrogens is 237 g/mol. The Morgan fingerprint density at radius 3 is 2.63 bits per heavy atom. The van der Waals surface area contributed by atoms with Gasteiger partial charge in [-0.2, -0.15) is 0 Å². The zero-order chi connectivity index (χ0) is 14.0. The van der Waals surface area contributed by atoms with Crippen molar-refractivity contribution < 1.29 is 4.39 Å². The third kappa shape index (κ3) is 3.17. The highest BCUT2D eigenvalue weighted by atomic mass is 19.1. The van der Waals surface area contributed by atoms with Crippen LogP contribution in [0.1, 0.15) is 57.1 Å². The summed E-state index contributed by atoms with van der Waals surface area (Å²) in [5, 5.41) is 0. The molecular formula is C17H26FN. The first-order valence-corrected chi connectivity index (χ1v) is 7.48. The molecule has 2 heteroatoms. The van der Waals surface area contributed by atoms with Gasteiger partial charge in [0.1, 0.15) is 5.82 Å². The van der Waals surface area contributed by atoms with Gasteiger partial charge in [0.05, 0.1) is 0 Å². The Labute approximate surface area is 116 Å². The number of hydrogen-bond acceptors (Lipinski definition) is 1. The highest BCUT2D eigenvalue weighted by molar-refractivity contribution is 5.33. The lowest BCUT2D eigenvalue weighted by atomic mass is 9.80. The summed E-state index contributed by atoms with van der Waals surface area (Å²) in [7, 11) is 0. The molecule has 0 spiro atoms. The fraction of sp³-hybridized carbons (Fsp3) is 0.647. The fourth-order valence-corrected chi connectivity index (χ4v) is 3.51. The smallest absolute Gasteiger partial charge is 0.123 e. The summed E-state index contributed by atoms with van der Waals surface area (Å²) in [4.78, 5) is 0. The summed E-state index contributed by atoms with van der Waals surface area (Å²) in [5.74, 6) is 1.35. The van der Waals surface area contributed by atoms with Gasteiger partial charge in [-0.05, 0) is 61.3 Å². The summed E-state index contributed by atoms with van der Waals surface area (Å²) in [6.45, 7) is 6.58. The van der Waals surface area contributed by atoms with Crippen LogP contribution >= 0.6 is 0 Å². The van der Waals surface area contributed by atoms with Crippen molar-refractivity contribution in [2.45, 2.75) is 58.4 Å². The van der Waals surface area contributed by atoms with Crippen molar-refractivity contribution in [1.82, 2.24) is 0 Å². The Bertz CT molecular complexity index is 441. The first-order chi connectivity index (χ1) is 8.92. The average molecular weight is 263 g/mol. The molecule has 1 nitrogen and oxygen atoms in total. The molecule has 1 aromatic carbocycles. The minimum Gasteiger partial charge on any atom is -0.321 e. The number of aryl methyl sites for hydroxylation is 1. The Morgan fingerprint density at radius 1 is 1.26 bits per heavy atom. The monoisotopic (exact) mass is 263 g/mol. The first-order valence-electron chi connectivity index (χ1n) is 7.48. The van der Waals surface area contributed by atoms with Gasteiger partial charge in [0, 0.05) is 5.54 Å². The maximum atomic E-state index is 13.2. The molecule has 0 bridgehead atoms. The van der Waals surface area contributed by atoms with Crippen LogP contribution in [-0.2, 0) is 5.54 Å². The van der Waals surface area contributed by atoms with E-state index in [4.69, 9.17) is 5.73 Å². The fourth-order valence-electron chi connectivity index (χ4n) is 3.51. The molecule has 0 heterocycles. The SMILES string of the molecule is Cc1cc(F)ccc1C1(N)CCCC(C(C)C)CC1. The number of halogens is 1. The van der Waals surface area contributed by atoms with Gasteiger partial charge in [0.2, 0.25) is 0 Å². The predicted molar refractivity (Wildman–Crippen MR) is 78.4 cm³/mol. The minimum absolute atomic E-state index is 0.168. The van der Waals surface area contributed by atoms with E-state index in [1.165, 1.54) is 19.3 Å². The molecule has 2 N–H and O–H groups in total. The van der Waals surface area contributed by atoms with Crippen molar-refractivity contribution in [2.75, 3.05) is 0 Å². The molecule has 0 saturated heterocycles. The maximum Gasteiger partial charge on any atom is 0.123 e. The van der Waals surface area contributed by atoms with Crippen LogP contribution in [0.15, 0.2) is 18.2 Å². The largest absolute Gasteiger partial charge is 0.321 e. The number of rotatable bonds is 2. The van der Waals surface area contributed by atoms with E-state index in [2.05, 4.69) is 13.8 Å². The molecule has 0 aromatic heterocycles. The van der Waals surface area contributed by atoms with Crippen molar-refractivity contribution in [3.8, 4) is 0 Å². The van der Waals surface area contributed by atoms with Gasteiger partial charge in [-0.3, -0.25) is 0 Å². The van der Waals surface area contributed by atoms with Gasteiger partial charge < -0.3 is 5.73 Å². The normalized spacial score (nSPS) is 28.4. The van der Waals surface area contributed by atoms with Crippen molar-refractivity contribution in [3.63, 3.8) is 0 Å². The first kappa shape index (κ1) is 14.5. The lowest BCUT2D eigenvalue weighted by Gasteiger charge is -2.30. The van der Waals surface area contributed by atoms with E-state index >= 15 is 0 Å². The second kappa shape index (κ2) is 5.62. The van der Waals surface area contributed by atoms with Gasteiger partial charge in [-0.15, -0.1) is 0 Å². The molecule has 1 fully saturated rings. The molecule has 0 aliphatic heterocycles. The topological polar surface area (TPSA) is 26.0 Å². The summed E-state index contributed by atoms with van der Waals surface area (Å²) in [6.07, 6.45) is 5.67. The number of benzene rings is 1. The molecule has 1 aliphatic carbocycles. The van der Waals surface area contributed by atoms with E-state index in [0.717, 1.165) is 35.8 Å². The van der Waals surface area contributed by atoms with E-state index in [1.54, 1.807) is 12.1 Å². The van der Waals surface area contributed by atoms with E-state index in [0.29, 0.717) is 0 Å². The number of nitrogens with two attached hydrogens (primary N) is 1. The Morgan fingerprint density at radius 2 is 2.00 bits per heavy atom. The third-order valence-electron chi connectivity index (χ3n) is 4.83. The second-order valence-electron chi connectivity index (χ2n) is 6.55. The third-order valence-corrected chi connectivity index (χ3v) is 4.83. The molecule has 1 saturated carbocycles. The molecule has 1 aromatic rings. The summed E-state index contributed by atoms with van der Waals surface area (Å²) < 4.78 is 13.2. The maximum absolute atomic E-state index is 13.2. The minimum atomic E-state index is -0.262. The van der Waals surface area contributed by atoms with Gasteiger partial charge in [0.25, 0.3) is 0 Å². The zero-order valence-electron chi connectivity index (χ0n) is 12.4. The van der Waals surface area contributed by atoms with E-state index < -0.39 is 0 Å². The Kier molecular flexibility index (Phi) is 4.29. The Hall–Kier alpha value is -0.890. The highest BCUT2D eigenvalue weighted by Crippen LogP contribution is 2.39. The molecule has 2 unspecified atom stereocenters. The van der Waals surface area contributed by atoms with Crippen molar-refractivity contribution in [2.24, 2.45) is 17.6 Å². The van der Waals surface area contributed by atoms with Gasteiger partial charge in [-0.25, -0.2) is 4.39 Å². The summed E-state index contributed by atoms with van der Waals surface area (Å²) >= 11 is 0. The molecule has 0 amide bonds. The summed E-state index contributed by atoms with van der Waals surface area (Å²) in [5.41, 5.74) is 8.54. The molecule has 2 atom stereocenters. The van der Waals surface area contributed by atoms with E-state index in [9.17, 15) is 4.39 Å². The molecule has 106 valence electrons. The Balaban J connectivity index is 2.22.